The lowest BCUT2D eigenvalue weighted by Gasteiger charge is -2.03. The Kier molecular flexibility index (Phi) is 3.15. The maximum atomic E-state index is 10.9. The van der Waals surface area contributed by atoms with Crippen LogP contribution in [0.4, 0.5) is 11.6 Å². The summed E-state index contributed by atoms with van der Waals surface area (Å²) in [5, 5.41) is 12.0. The highest BCUT2D eigenvalue weighted by Crippen LogP contribution is 2.20. The van der Waals surface area contributed by atoms with Gasteiger partial charge in [0, 0.05) is 11.9 Å². The van der Waals surface area contributed by atoms with Gasteiger partial charge in [-0.15, -0.1) is 0 Å². The third kappa shape index (κ3) is 2.62. The number of carboxylic acids is 1. The van der Waals surface area contributed by atoms with Gasteiger partial charge in [0.05, 0.1) is 18.2 Å². The highest BCUT2D eigenvalue weighted by molar-refractivity contribution is 5.91. The molecule has 3 aromatic rings. The van der Waals surface area contributed by atoms with Gasteiger partial charge < -0.3 is 20.1 Å². The molecule has 0 radical (unpaired) electrons. The van der Waals surface area contributed by atoms with E-state index in [4.69, 9.17) is 9.84 Å². The molecular weight excluding hydrogens is 272 g/mol. The zero-order valence-electron chi connectivity index (χ0n) is 11.1. The normalized spacial score (nSPS) is 10.5. The van der Waals surface area contributed by atoms with Crippen molar-refractivity contribution in [1.82, 2.24) is 15.0 Å². The van der Waals surface area contributed by atoms with Gasteiger partial charge in [-0.2, -0.15) is 4.98 Å². The molecule has 2 heterocycles. The van der Waals surface area contributed by atoms with Gasteiger partial charge in [-0.3, -0.25) is 0 Å². The molecule has 21 heavy (non-hydrogen) atoms. The molecule has 0 amide bonds. The number of aromatic carboxylic acids is 1. The van der Waals surface area contributed by atoms with Gasteiger partial charge in [-0.05, 0) is 30.3 Å². The summed E-state index contributed by atoms with van der Waals surface area (Å²) in [4.78, 5) is 22.1. The fraction of sp³-hybridized carbons (Fsp3) is 0.0714. The number of rotatable bonds is 4. The first-order valence-electron chi connectivity index (χ1n) is 6.16. The Morgan fingerprint density at radius 2 is 2.10 bits per heavy atom. The number of imidazole rings is 1. The molecule has 3 N–H and O–H groups in total. The largest absolute Gasteiger partial charge is 0.497 e. The van der Waals surface area contributed by atoms with Gasteiger partial charge in [-0.25, -0.2) is 9.78 Å². The van der Waals surface area contributed by atoms with Gasteiger partial charge in [0.1, 0.15) is 5.75 Å². The molecule has 0 fully saturated rings. The average molecular weight is 284 g/mol. The third-order valence-corrected chi connectivity index (χ3v) is 2.94. The van der Waals surface area contributed by atoms with Crippen LogP contribution in [0, 0.1) is 0 Å². The SMILES string of the molecule is COc1ccc(Nc2nc3ncc(C(=O)O)cc3[nH]2)cc1. The monoisotopic (exact) mass is 284 g/mol. The van der Waals surface area contributed by atoms with Crippen molar-refractivity contribution in [2.45, 2.75) is 0 Å². The van der Waals surface area contributed by atoms with Crippen LogP contribution >= 0.6 is 0 Å². The predicted molar refractivity (Wildman–Crippen MR) is 77.1 cm³/mol. The van der Waals surface area contributed by atoms with Crippen LogP contribution in [0.2, 0.25) is 0 Å². The maximum Gasteiger partial charge on any atom is 0.337 e. The summed E-state index contributed by atoms with van der Waals surface area (Å²) in [5.74, 6) is 0.229. The van der Waals surface area contributed by atoms with Crippen LogP contribution in [-0.4, -0.2) is 33.1 Å². The number of carbonyl (C=O) groups is 1. The number of fused-ring (bicyclic) bond motifs is 1. The number of H-pyrrole nitrogens is 1. The van der Waals surface area contributed by atoms with E-state index in [0.29, 0.717) is 17.1 Å². The lowest BCUT2D eigenvalue weighted by molar-refractivity contribution is 0.0696. The molecule has 0 aliphatic carbocycles. The number of methoxy groups -OCH3 is 1. The Bertz CT molecular complexity index is 796. The second-order valence-electron chi connectivity index (χ2n) is 4.34. The zero-order chi connectivity index (χ0) is 14.8. The molecule has 0 saturated heterocycles. The second-order valence-corrected chi connectivity index (χ2v) is 4.34. The number of hydrogen-bond acceptors (Lipinski definition) is 5. The van der Waals surface area contributed by atoms with Crippen LogP contribution in [0.3, 0.4) is 0 Å². The number of carboxylic acid groups (broad SMARTS) is 1. The van der Waals surface area contributed by atoms with E-state index in [2.05, 4.69) is 20.3 Å². The summed E-state index contributed by atoms with van der Waals surface area (Å²) in [6.45, 7) is 0. The molecule has 1 aromatic carbocycles. The molecule has 0 spiro atoms. The van der Waals surface area contributed by atoms with Gasteiger partial charge >= 0.3 is 5.97 Å². The molecule has 2 aromatic heterocycles. The van der Waals surface area contributed by atoms with E-state index < -0.39 is 5.97 Å². The molecule has 0 aliphatic rings. The third-order valence-electron chi connectivity index (χ3n) is 2.94. The lowest BCUT2D eigenvalue weighted by atomic mass is 10.3. The molecule has 7 nitrogen and oxygen atoms in total. The average Bonchev–Trinajstić information content (AvgIpc) is 2.89. The first kappa shape index (κ1) is 12.9. The number of ether oxygens (including phenoxy) is 1. The molecule has 0 saturated carbocycles. The molecule has 0 aliphatic heterocycles. The van der Waals surface area contributed by atoms with Crippen LogP contribution in [0.15, 0.2) is 36.5 Å². The molecular formula is C14H12N4O3. The van der Waals surface area contributed by atoms with E-state index in [1.807, 2.05) is 24.3 Å². The van der Waals surface area contributed by atoms with Crippen molar-refractivity contribution in [3.05, 3.63) is 42.1 Å². The smallest absolute Gasteiger partial charge is 0.337 e. The number of pyridine rings is 1. The van der Waals surface area contributed by atoms with Crippen molar-refractivity contribution in [2.24, 2.45) is 0 Å². The summed E-state index contributed by atoms with van der Waals surface area (Å²) in [7, 11) is 1.60. The number of nitrogens with zero attached hydrogens (tertiary/aromatic N) is 2. The first-order valence-corrected chi connectivity index (χ1v) is 6.16. The number of nitrogens with one attached hydrogen (secondary N) is 2. The zero-order valence-corrected chi connectivity index (χ0v) is 11.1. The topological polar surface area (TPSA) is 100 Å². The van der Waals surface area contributed by atoms with Crippen LogP contribution in [-0.2, 0) is 0 Å². The van der Waals surface area contributed by atoms with Gasteiger partial charge in [-0.1, -0.05) is 0 Å². The van der Waals surface area contributed by atoms with Crippen molar-refractivity contribution >= 4 is 28.8 Å². The minimum absolute atomic E-state index is 0.113. The van der Waals surface area contributed by atoms with Crippen LogP contribution in [0.5, 0.6) is 5.75 Å². The maximum absolute atomic E-state index is 10.9. The fourth-order valence-corrected chi connectivity index (χ4v) is 1.89. The summed E-state index contributed by atoms with van der Waals surface area (Å²) in [6, 6.07) is 8.85. The van der Waals surface area contributed by atoms with E-state index in [1.165, 1.54) is 12.3 Å². The number of aromatic nitrogens is 3. The van der Waals surface area contributed by atoms with Crippen molar-refractivity contribution in [3.8, 4) is 5.75 Å². The van der Waals surface area contributed by atoms with Crippen LogP contribution in [0.1, 0.15) is 10.4 Å². The van der Waals surface area contributed by atoms with E-state index in [1.54, 1.807) is 7.11 Å². The lowest BCUT2D eigenvalue weighted by Crippen LogP contribution is -1.96. The molecule has 3 rings (SSSR count). The van der Waals surface area contributed by atoms with Gasteiger partial charge in [0.25, 0.3) is 0 Å². The molecule has 106 valence electrons. The van der Waals surface area contributed by atoms with Crippen molar-refractivity contribution in [2.75, 3.05) is 12.4 Å². The molecule has 7 heteroatoms. The minimum atomic E-state index is -1.02. The van der Waals surface area contributed by atoms with E-state index in [-0.39, 0.29) is 5.56 Å². The fourth-order valence-electron chi connectivity index (χ4n) is 1.89. The molecule has 0 bridgehead atoms. The summed E-state index contributed by atoms with van der Waals surface area (Å²) in [5.41, 5.74) is 1.96. The van der Waals surface area contributed by atoms with Crippen LogP contribution in [0.25, 0.3) is 11.2 Å². The Balaban J connectivity index is 1.88. The Morgan fingerprint density at radius 3 is 2.76 bits per heavy atom. The van der Waals surface area contributed by atoms with Crippen LogP contribution < -0.4 is 10.1 Å². The van der Waals surface area contributed by atoms with Gasteiger partial charge in [0.15, 0.2) is 5.65 Å². The molecule has 0 atom stereocenters. The predicted octanol–water partition coefficient (Wildman–Crippen LogP) is 2.41. The van der Waals surface area contributed by atoms with Crippen molar-refractivity contribution in [1.29, 1.82) is 0 Å². The summed E-state index contributed by atoms with van der Waals surface area (Å²) in [6.07, 6.45) is 1.28. The van der Waals surface area contributed by atoms with Crippen molar-refractivity contribution in [3.63, 3.8) is 0 Å². The van der Waals surface area contributed by atoms with E-state index >= 15 is 0 Å². The first-order chi connectivity index (χ1) is 10.2. The number of anilines is 2. The van der Waals surface area contributed by atoms with E-state index in [9.17, 15) is 4.79 Å². The number of aromatic amines is 1. The standard InChI is InChI=1S/C14H12N4O3/c1-21-10-4-2-9(3-5-10)16-14-17-11-6-8(13(19)20)7-15-12(11)18-14/h2-7H,1H3,(H,19,20)(H2,15,16,17,18). The Labute approximate surface area is 119 Å². The van der Waals surface area contributed by atoms with Gasteiger partial charge in [0.2, 0.25) is 5.95 Å². The number of benzene rings is 1. The number of hydrogen-bond donors (Lipinski definition) is 3. The minimum Gasteiger partial charge on any atom is -0.497 e. The molecule has 0 unspecified atom stereocenters. The Hall–Kier alpha value is -3.09. The second kappa shape index (κ2) is 5.12. The summed E-state index contributed by atoms with van der Waals surface area (Å²) >= 11 is 0. The highest BCUT2D eigenvalue weighted by atomic mass is 16.5. The quantitative estimate of drug-likeness (QED) is 0.680. The highest BCUT2D eigenvalue weighted by Gasteiger charge is 2.09. The summed E-state index contributed by atoms with van der Waals surface area (Å²) < 4.78 is 5.09. The van der Waals surface area contributed by atoms with Crippen molar-refractivity contribution < 1.29 is 14.6 Å². The van der Waals surface area contributed by atoms with E-state index in [0.717, 1.165) is 11.4 Å². The Morgan fingerprint density at radius 1 is 1.33 bits per heavy atom.